The van der Waals surface area contributed by atoms with Crippen molar-refractivity contribution in [2.75, 3.05) is 11.9 Å². The van der Waals surface area contributed by atoms with Crippen molar-refractivity contribution in [1.82, 2.24) is 15.0 Å². The summed E-state index contributed by atoms with van der Waals surface area (Å²) in [4.78, 5) is 12.8. The van der Waals surface area contributed by atoms with Crippen molar-refractivity contribution in [3.8, 4) is 5.88 Å². The van der Waals surface area contributed by atoms with Crippen LogP contribution in [0, 0.1) is 6.92 Å². The van der Waals surface area contributed by atoms with Gasteiger partial charge in [-0.2, -0.15) is 0 Å². The van der Waals surface area contributed by atoms with Crippen molar-refractivity contribution in [2.45, 2.75) is 33.2 Å². The van der Waals surface area contributed by atoms with Crippen LogP contribution in [-0.2, 0) is 5.54 Å². The van der Waals surface area contributed by atoms with Crippen molar-refractivity contribution in [2.24, 2.45) is 0 Å². The van der Waals surface area contributed by atoms with Crippen molar-refractivity contribution in [3.05, 3.63) is 28.5 Å². The number of nitrogens with one attached hydrogen (secondary N) is 1. The molecular formula is C13H18N4OS. The number of hydrogen-bond acceptors (Lipinski definition) is 6. The van der Waals surface area contributed by atoms with E-state index in [0.717, 1.165) is 16.4 Å². The van der Waals surface area contributed by atoms with Gasteiger partial charge in [-0.15, -0.1) is 11.3 Å². The summed E-state index contributed by atoms with van der Waals surface area (Å²) in [5.74, 6) is 1.40. The molecule has 2 aromatic rings. The van der Waals surface area contributed by atoms with Crippen LogP contribution in [0.4, 0.5) is 5.82 Å². The Bertz CT molecular complexity index is 540. The van der Waals surface area contributed by atoms with Gasteiger partial charge >= 0.3 is 0 Å². The zero-order chi connectivity index (χ0) is 13.9. The predicted octanol–water partition coefficient (Wildman–Crippen LogP) is 2.99. The summed E-state index contributed by atoms with van der Waals surface area (Å²) in [7, 11) is 0. The molecule has 2 rings (SSSR count). The van der Waals surface area contributed by atoms with Crippen LogP contribution < -0.4 is 10.1 Å². The van der Waals surface area contributed by atoms with E-state index in [1.807, 2.05) is 25.4 Å². The predicted molar refractivity (Wildman–Crippen MR) is 76.7 cm³/mol. The van der Waals surface area contributed by atoms with Gasteiger partial charge in [0.15, 0.2) is 0 Å². The first kappa shape index (κ1) is 13.7. The summed E-state index contributed by atoms with van der Waals surface area (Å²) in [6, 6.07) is 0. The van der Waals surface area contributed by atoms with Gasteiger partial charge < -0.3 is 10.1 Å². The third-order valence-electron chi connectivity index (χ3n) is 2.72. The molecule has 0 amide bonds. The SMILES string of the molecule is CCOc1ncnc(NC(C)(C)c2nccs2)c1C. The van der Waals surface area contributed by atoms with E-state index in [1.165, 1.54) is 6.33 Å². The fourth-order valence-corrected chi connectivity index (χ4v) is 2.44. The summed E-state index contributed by atoms with van der Waals surface area (Å²) < 4.78 is 5.48. The fraction of sp³-hybridized carbons (Fsp3) is 0.462. The van der Waals surface area contributed by atoms with Crippen LogP contribution in [0.1, 0.15) is 31.3 Å². The van der Waals surface area contributed by atoms with Gasteiger partial charge in [-0.1, -0.05) is 0 Å². The molecule has 0 aliphatic heterocycles. The number of thiazole rings is 1. The Labute approximate surface area is 117 Å². The Balaban J connectivity index is 2.26. The quantitative estimate of drug-likeness (QED) is 0.911. The smallest absolute Gasteiger partial charge is 0.221 e. The molecule has 6 heteroatoms. The number of aromatic nitrogens is 3. The van der Waals surface area contributed by atoms with Gasteiger partial charge in [-0.05, 0) is 27.7 Å². The standard InChI is InChI=1S/C13H18N4OS/c1-5-18-11-9(2)10(15-8-16-11)17-13(3,4)12-14-6-7-19-12/h6-8H,5H2,1-4H3,(H,15,16,17). The molecule has 0 spiro atoms. The van der Waals surface area contributed by atoms with Gasteiger partial charge in [0.25, 0.3) is 0 Å². The summed E-state index contributed by atoms with van der Waals surface area (Å²) >= 11 is 1.62. The summed E-state index contributed by atoms with van der Waals surface area (Å²) in [6.07, 6.45) is 3.32. The summed E-state index contributed by atoms with van der Waals surface area (Å²) in [5.41, 5.74) is 0.630. The largest absolute Gasteiger partial charge is 0.478 e. The molecule has 0 fully saturated rings. The fourth-order valence-electron chi connectivity index (χ4n) is 1.72. The van der Waals surface area contributed by atoms with E-state index in [2.05, 4.69) is 34.1 Å². The molecule has 1 N–H and O–H groups in total. The summed E-state index contributed by atoms with van der Waals surface area (Å²) in [6.45, 7) is 8.63. The van der Waals surface area contributed by atoms with E-state index < -0.39 is 0 Å². The molecular weight excluding hydrogens is 260 g/mol. The molecule has 19 heavy (non-hydrogen) atoms. The second-order valence-corrected chi connectivity index (χ2v) is 5.57. The second-order valence-electron chi connectivity index (χ2n) is 4.67. The van der Waals surface area contributed by atoms with Gasteiger partial charge in [0.05, 0.1) is 17.7 Å². The Morgan fingerprint density at radius 1 is 1.32 bits per heavy atom. The monoisotopic (exact) mass is 278 g/mol. The minimum absolute atomic E-state index is 0.281. The lowest BCUT2D eigenvalue weighted by atomic mass is 10.1. The first-order valence-electron chi connectivity index (χ1n) is 6.17. The molecule has 2 heterocycles. The maximum absolute atomic E-state index is 5.48. The van der Waals surface area contributed by atoms with E-state index in [9.17, 15) is 0 Å². The van der Waals surface area contributed by atoms with E-state index in [4.69, 9.17) is 4.74 Å². The normalized spacial score (nSPS) is 11.4. The molecule has 5 nitrogen and oxygen atoms in total. The van der Waals surface area contributed by atoms with Crippen molar-refractivity contribution < 1.29 is 4.74 Å². The van der Waals surface area contributed by atoms with Crippen molar-refractivity contribution in [1.29, 1.82) is 0 Å². The highest BCUT2D eigenvalue weighted by Gasteiger charge is 2.25. The minimum atomic E-state index is -0.281. The van der Waals surface area contributed by atoms with Crippen LogP contribution in [0.15, 0.2) is 17.9 Å². The number of nitrogens with zero attached hydrogens (tertiary/aromatic N) is 3. The van der Waals surface area contributed by atoms with E-state index >= 15 is 0 Å². The van der Waals surface area contributed by atoms with Crippen LogP contribution in [0.5, 0.6) is 5.88 Å². The first-order valence-corrected chi connectivity index (χ1v) is 7.05. The zero-order valence-electron chi connectivity index (χ0n) is 11.6. The molecule has 0 unspecified atom stereocenters. The van der Waals surface area contributed by atoms with Gasteiger partial charge in [-0.25, -0.2) is 15.0 Å². The Morgan fingerprint density at radius 2 is 2.11 bits per heavy atom. The molecule has 0 saturated heterocycles. The highest BCUT2D eigenvalue weighted by atomic mass is 32.1. The van der Waals surface area contributed by atoms with Crippen LogP contribution in [0.3, 0.4) is 0 Å². The average Bonchev–Trinajstić information content (AvgIpc) is 2.89. The number of rotatable bonds is 5. The minimum Gasteiger partial charge on any atom is -0.478 e. The molecule has 2 aromatic heterocycles. The Morgan fingerprint density at radius 3 is 2.74 bits per heavy atom. The number of hydrogen-bond donors (Lipinski definition) is 1. The van der Waals surface area contributed by atoms with E-state index in [-0.39, 0.29) is 5.54 Å². The lowest BCUT2D eigenvalue weighted by Crippen LogP contribution is -2.28. The number of anilines is 1. The molecule has 0 aliphatic carbocycles. The van der Waals surface area contributed by atoms with Gasteiger partial charge in [0, 0.05) is 11.6 Å². The van der Waals surface area contributed by atoms with Crippen LogP contribution in [0.2, 0.25) is 0 Å². The highest BCUT2D eigenvalue weighted by Crippen LogP contribution is 2.29. The Kier molecular flexibility index (Phi) is 3.99. The van der Waals surface area contributed by atoms with Gasteiger partial charge in [-0.3, -0.25) is 0 Å². The highest BCUT2D eigenvalue weighted by molar-refractivity contribution is 7.09. The molecule has 0 aromatic carbocycles. The lowest BCUT2D eigenvalue weighted by Gasteiger charge is -2.25. The second kappa shape index (κ2) is 5.52. The molecule has 0 aliphatic rings. The Hall–Kier alpha value is -1.69. The topological polar surface area (TPSA) is 59.9 Å². The van der Waals surface area contributed by atoms with Crippen LogP contribution in [0.25, 0.3) is 0 Å². The third kappa shape index (κ3) is 3.01. The van der Waals surface area contributed by atoms with E-state index in [0.29, 0.717) is 12.5 Å². The van der Waals surface area contributed by atoms with Crippen molar-refractivity contribution >= 4 is 17.2 Å². The average molecular weight is 278 g/mol. The van der Waals surface area contributed by atoms with Crippen molar-refractivity contribution in [3.63, 3.8) is 0 Å². The maximum atomic E-state index is 5.48. The van der Waals surface area contributed by atoms with Crippen LogP contribution in [-0.4, -0.2) is 21.6 Å². The third-order valence-corrected chi connectivity index (χ3v) is 3.81. The molecule has 0 radical (unpaired) electrons. The summed E-state index contributed by atoms with van der Waals surface area (Å²) in [5, 5.41) is 6.39. The van der Waals surface area contributed by atoms with Crippen LogP contribution >= 0.6 is 11.3 Å². The van der Waals surface area contributed by atoms with E-state index in [1.54, 1.807) is 11.3 Å². The number of ether oxygens (including phenoxy) is 1. The lowest BCUT2D eigenvalue weighted by molar-refractivity contribution is 0.323. The molecule has 0 atom stereocenters. The molecule has 0 bridgehead atoms. The van der Waals surface area contributed by atoms with Gasteiger partial charge in [0.1, 0.15) is 17.2 Å². The molecule has 102 valence electrons. The first-order chi connectivity index (χ1) is 9.04. The maximum Gasteiger partial charge on any atom is 0.221 e. The zero-order valence-corrected chi connectivity index (χ0v) is 12.4. The van der Waals surface area contributed by atoms with Gasteiger partial charge in [0.2, 0.25) is 5.88 Å². The molecule has 0 saturated carbocycles.